The predicted molar refractivity (Wildman–Crippen MR) is 139 cm³/mol. The number of aryl methyl sites for hydroxylation is 2. The molecule has 2 aromatic heterocycles. The Bertz CT molecular complexity index is 1180. The topological polar surface area (TPSA) is 52.2 Å². The van der Waals surface area contributed by atoms with Crippen LogP contribution in [-0.2, 0) is 4.79 Å². The van der Waals surface area contributed by atoms with Crippen molar-refractivity contribution in [3.05, 3.63) is 52.8 Å². The first-order chi connectivity index (χ1) is 16.3. The van der Waals surface area contributed by atoms with Crippen LogP contribution in [0, 0.1) is 13.8 Å². The highest BCUT2D eigenvalue weighted by Crippen LogP contribution is 2.38. The molecule has 1 N–H and O–H groups in total. The SMILES string of the molecule is Cc1cc(-c2[nH]c3ccc(C4CCN(CC(=O)N(C)C5CC5)CC4)cc3c2C(C)C)cc(C)n1. The van der Waals surface area contributed by atoms with Crippen molar-refractivity contribution in [3.63, 3.8) is 0 Å². The third-order valence-corrected chi connectivity index (χ3v) is 7.72. The number of hydrogen-bond donors (Lipinski definition) is 1. The lowest BCUT2D eigenvalue weighted by molar-refractivity contribution is -0.131. The molecule has 2 fully saturated rings. The minimum absolute atomic E-state index is 0.283. The zero-order chi connectivity index (χ0) is 24.0. The molecule has 1 aliphatic carbocycles. The van der Waals surface area contributed by atoms with Gasteiger partial charge in [-0.1, -0.05) is 19.9 Å². The Morgan fingerprint density at radius 3 is 2.38 bits per heavy atom. The molecule has 180 valence electrons. The third-order valence-electron chi connectivity index (χ3n) is 7.72. The number of fused-ring (bicyclic) bond motifs is 1. The number of likely N-dealkylation sites (tertiary alicyclic amines) is 1. The Morgan fingerprint density at radius 1 is 1.09 bits per heavy atom. The molecule has 3 aromatic rings. The highest BCUT2D eigenvalue weighted by molar-refractivity contribution is 5.92. The van der Waals surface area contributed by atoms with Crippen LogP contribution in [0.2, 0.25) is 0 Å². The summed E-state index contributed by atoms with van der Waals surface area (Å²) < 4.78 is 0. The number of pyridine rings is 1. The number of aromatic nitrogens is 2. The van der Waals surface area contributed by atoms with Gasteiger partial charge in [0.25, 0.3) is 0 Å². The molecule has 1 aromatic carbocycles. The Labute approximate surface area is 203 Å². The molecule has 5 heteroatoms. The summed E-state index contributed by atoms with van der Waals surface area (Å²) >= 11 is 0. The maximum Gasteiger partial charge on any atom is 0.236 e. The summed E-state index contributed by atoms with van der Waals surface area (Å²) in [6.45, 7) is 11.3. The van der Waals surface area contributed by atoms with Crippen LogP contribution in [-0.4, -0.2) is 58.4 Å². The number of aromatic amines is 1. The number of nitrogens with one attached hydrogen (secondary N) is 1. The fraction of sp³-hybridized carbons (Fsp3) is 0.517. The van der Waals surface area contributed by atoms with Crippen LogP contribution in [0.25, 0.3) is 22.2 Å². The molecule has 0 unspecified atom stereocenters. The molecule has 1 amide bonds. The number of benzene rings is 1. The van der Waals surface area contributed by atoms with Crippen molar-refractivity contribution in [2.45, 2.75) is 71.3 Å². The van der Waals surface area contributed by atoms with Gasteiger partial charge in [-0.3, -0.25) is 14.7 Å². The summed E-state index contributed by atoms with van der Waals surface area (Å²) in [6, 6.07) is 11.9. The summed E-state index contributed by atoms with van der Waals surface area (Å²) in [5.74, 6) is 1.26. The lowest BCUT2D eigenvalue weighted by atomic mass is 9.87. The highest BCUT2D eigenvalue weighted by atomic mass is 16.2. The van der Waals surface area contributed by atoms with E-state index in [9.17, 15) is 4.79 Å². The van der Waals surface area contributed by atoms with E-state index in [4.69, 9.17) is 0 Å². The quantitative estimate of drug-likeness (QED) is 0.510. The van der Waals surface area contributed by atoms with Gasteiger partial charge in [-0.05, 0) is 99.8 Å². The molecule has 0 bridgehead atoms. The van der Waals surface area contributed by atoms with Gasteiger partial charge in [0.1, 0.15) is 0 Å². The maximum absolute atomic E-state index is 12.5. The van der Waals surface area contributed by atoms with Crippen LogP contribution in [0.3, 0.4) is 0 Å². The van der Waals surface area contributed by atoms with Gasteiger partial charge < -0.3 is 9.88 Å². The van der Waals surface area contributed by atoms with Crippen molar-refractivity contribution < 1.29 is 4.79 Å². The minimum atomic E-state index is 0.283. The normalized spacial score (nSPS) is 17.6. The number of amides is 1. The van der Waals surface area contributed by atoms with E-state index in [1.54, 1.807) is 0 Å². The highest BCUT2D eigenvalue weighted by Gasteiger charge is 2.31. The van der Waals surface area contributed by atoms with Gasteiger partial charge >= 0.3 is 0 Å². The molecule has 3 heterocycles. The van der Waals surface area contributed by atoms with Gasteiger partial charge in [-0.2, -0.15) is 0 Å². The van der Waals surface area contributed by atoms with Crippen molar-refractivity contribution in [1.29, 1.82) is 0 Å². The molecule has 0 spiro atoms. The van der Waals surface area contributed by atoms with Gasteiger partial charge in [-0.15, -0.1) is 0 Å². The molecule has 1 aliphatic heterocycles. The zero-order valence-electron chi connectivity index (χ0n) is 21.3. The van der Waals surface area contributed by atoms with E-state index in [0.29, 0.717) is 24.4 Å². The van der Waals surface area contributed by atoms with E-state index in [0.717, 1.165) is 37.3 Å². The molecule has 0 atom stereocenters. The molecule has 2 aliphatic rings. The fourth-order valence-corrected chi connectivity index (χ4v) is 5.68. The third kappa shape index (κ3) is 4.63. The number of hydrogen-bond acceptors (Lipinski definition) is 3. The molecular formula is C29H38N4O. The molecule has 0 radical (unpaired) electrons. The molecule has 5 nitrogen and oxygen atoms in total. The van der Waals surface area contributed by atoms with E-state index >= 15 is 0 Å². The van der Waals surface area contributed by atoms with Crippen LogP contribution in [0.5, 0.6) is 0 Å². The maximum atomic E-state index is 12.5. The lowest BCUT2D eigenvalue weighted by Crippen LogP contribution is -2.42. The fourth-order valence-electron chi connectivity index (χ4n) is 5.68. The first-order valence-corrected chi connectivity index (χ1v) is 12.9. The van der Waals surface area contributed by atoms with Gasteiger partial charge in [0.15, 0.2) is 0 Å². The number of carbonyl (C=O) groups excluding carboxylic acids is 1. The first kappa shape index (κ1) is 23.1. The molecule has 34 heavy (non-hydrogen) atoms. The summed E-state index contributed by atoms with van der Waals surface area (Å²) in [7, 11) is 1.97. The summed E-state index contributed by atoms with van der Waals surface area (Å²) in [6.07, 6.45) is 4.57. The van der Waals surface area contributed by atoms with Gasteiger partial charge in [-0.25, -0.2) is 0 Å². The van der Waals surface area contributed by atoms with Crippen molar-refractivity contribution in [2.24, 2.45) is 0 Å². The first-order valence-electron chi connectivity index (χ1n) is 12.9. The van der Waals surface area contributed by atoms with Crippen LogP contribution in [0.4, 0.5) is 0 Å². The minimum Gasteiger partial charge on any atom is -0.354 e. The molecular weight excluding hydrogens is 420 g/mol. The molecule has 1 saturated heterocycles. The van der Waals surface area contributed by atoms with Crippen molar-refractivity contribution in [1.82, 2.24) is 19.8 Å². The largest absolute Gasteiger partial charge is 0.354 e. The van der Waals surface area contributed by atoms with E-state index in [1.807, 2.05) is 11.9 Å². The van der Waals surface area contributed by atoms with E-state index < -0.39 is 0 Å². The summed E-state index contributed by atoms with van der Waals surface area (Å²) in [4.78, 5) is 25.1. The standard InChI is InChI=1S/C29H38N4O/c1-18(2)28-25-16-22(6-9-26(25)31-29(28)23-14-19(3)30-20(4)15-23)21-10-12-33(13-11-21)17-27(34)32(5)24-7-8-24/h6,9,14-16,18,21,24,31H,7-8,10-13,17H2,1-5H3. The number of nitrogens with zero attached hydrogens (tertiary/aromatic N) is 3. The number of carbonyl (C=O) groups is 1. The van der Waals surface area contributed by atoms with Gasteiger partial charge in [0, 0.05) is 40.9 Å². The van der Waals surface area contributed by atoms with Crippen LogP contribution >= 0.6 is 0 Å². The Kier molecular flexibility index (Phi) is 6.24. The Balaban J connectivity index is 1.36. The van der Waals surface area contributed by atoms with Gasteiger partial charge in [0.05, 0.1) is 12.2 Å². The second-order valence-corrected chi connectivity index (χ2v) is 10.8. The lowest BCUT2D eigenvalue weighted by Gasteiger charge is -2.32. The average Bonchev–Trinajstić information content (AvgIpc) is 3.57. The average molecular weight is 459 g/mol. The number of rotatable bonds is 6. The van der Waals surface area contributed by atoms with Crippen molar-refractivity contribution >= 4 is 16.8 Å². The Morgan fingerprint density at radius 2 is 1.76 bits per heavy atom. The van der Waals surface area contributed by atoms with Crippen LogP contribution < -0.4 is 0 Å². The van der Waals surface area contributed by atoms with E-state index in [2.05, 4.69) is 72.9 Å². The predicted octanol–water partition coefficient (Wildman–Crippen LogP) is 5.77. The van der Waals surface area contributed by atoms with Crippen LogP contribution in [0.1, 0.15) is 73.9 Å². The van der Waals surface area contributed by atoms with Crippen molar-refractivity contribution in [2.75, 3.05) is 26.7 Å². The van der Waals surface area contributed by atoms with E-state index in [-0.39, 0.29) is 5.91 Å². The molecule has 1 saturated carbocycles. The summed E-state index contributed by atoms with van der Waals surface area (Å²) in [5, 5.41) is 1.35. The number of likely N-dealkylation sites (N-methyl/N-ethyl adjacent to an activating group) is 1. The Hall–Kier alpha value is -2.66. The second kappa shape index (κ2) is 9.18. The smallest absolute Gasteiger partial charge is 0.236 e. The van der Waals surface area contributed by atoms with Gasteiger partial charge in [0.2, 0.25) is 5.91 Å². The summed E-state index contributed by atoms with van der Waals surface area (Å²) in [5.41, 5.74) is 8.59. The van der Waals surface area contributed by atoms with Crippen LogP contribution in [0.15, 0.2) is 30.3 Å². The van der Waals surface area contributed by atoms with Crippen molar-refractivity contribution in [3.8, 4) is 11.3 Å². The zero-order valence-corrected chi connectivity index (χ0v) is 21.3. The number of piperidine rings is 1. The second-order valence-electron chi connectivity index (χ2n) is 10.8. The monoisotopic (exact) mass is 458 g/mol. The van der Waals surface area contributed by atoms with E-state index in [1.165, 1.54) is 46.1 Å². The molecule has 5 rings (SSSR count). The number of H-pyrrole nitrogens is 1.